The first-order valence-electron chi connectivity index (χ1n) is 6.09. The van der Waals surface area contributed by atoms with Crippen molar-refractivity contribution in [2.24, 2.45) is 0 Å². The number of aryl methyl sites for hydroxylation is 1. The quantitative estimate of drug-likeness (QED) is 0.898. The van der Waals surface area contributed by atoms with Crippen molar-refractivity contribution in [1.82, 2.24) is 0 Å². The molecule has 3 nitrogen and oxygen atoms in total. The molecule has 0 saturated heterocycles. The Morgan fingerprint density at radius 2 is 2.00 bits per heavy atom. The molecule has 0 atom stereocenters. The largest absolute Gasteiger partial charge is 0.483 e. The minimum absolute atomic E-state index is 0.264. The summed E-state index contributed by atoms with van der Waals surface area (Å²) < 4.78 is 31.9. The van der Waals surface area contributed by atoms with Gasteiger partial charge in [0.1, 0.15) is 17.4 Å². The van der Waals surface area contributed by atoms with Crippen LogP contribution >= 0.6 is 15.9 Å². The van der Waals surface area contributed by atoms with Crippen LogP contribution in [0.3, 0.4) is 0 Å². The van der Waals surface area contributed by atoms with E-state index in [4.69, 9.17) is 4.74 Å². The molecule has 0 saturated carbocycles. The van der Waals surface area contributed by atoms with Crippen molar-refractivity contribution in [3.63, 3.8) is 0 Å². The predicted octanol–water partition coefficient (Wildman–Crippen LogP) is 4.05. The van der Waals surface area contributed by atoms with Crippen LogP contribution < -0.4 is 10.1 Å². The molecule has 0 heterocycles. The second kappa shape index (κ2) is 6.67. The number of amides is 1. The van der Waals surface area contributed by atoms with Gasteiger partial charge in [-0.2, -0.15) is 0 Å². The molecule has 110 valence electrons. The standard InChI is InChI=1S/C15H12BrF2NO2/c1-9-2-4-11(7-13(9)18)19-15(20)8-21-14-5-3-10(17)6-12(14)16/h2-7H,8H2,1H3,(H,19,20). The van der Waals surface area contributed by atoms with Crippen LogP contribution in [0.25, 0.3) is 0 Å². The monoisotopic (exact) mass is 355 g/mol. The Morgan fingerprint density at radius 1 is 1.24 bits per heavy atom. The summed E-state index contributed by atoms with van der Waals surface area (Å²) in [6.07, 6.45) is 0. The summed E-state index contributed by atoms with van der Waals surface area (Å²) in [6, 6.07) is 8.29. The third kappa shape index (κ3) is 4.26. The maximum atomic E-state index is 13.3. The highest BCUT2D eigenvalue weighted by Gasteiger charge is 2.08. The number of hydrogen-bond acceptors (Lipinski definition) is 2. The van der Waals surface area contributed by atoms with Crippen molar-refractivity contribution >= 4 is 27.5 Å². The van der Waals surface area contributed by atoms with Crippen molar-refractivity contribution in [2.45, 2.75) is 6.92 Å². The number of rotatable bonds is 4. The van der Waals surface area contributed by atoms with E-state index in [2.05, 4.69) is 21.2 Å². The van der Waals surface area contributed by atoms with Crippen LogP contribution in [-0.4, -0.2) is 12.5 Å². The van der Waals surface area contributed by atoms with Gasteiger partial charge < -0.3 is 10.1 Å². The lowest BCUT2D eigenvalue weighted by Gasteiger charge is -2.09. The minimum atomic E-state index is -0.436. The molecule has 0 aromatic heterocycles. The molecule has 0 aliphatic carbocycles. The number of anilines is 1. The first-order chi connectivity index (χ1) is 9.95. The van der Waals surface area contributed by atoms with E-state index in [0.29, 0.717) is 21.5 Å². The molecule has 0 radical (unpaired) electrons. The molecule has 2 aromatic rings. The minimum Gasteiger partial charge on any atom is -0.483 e. The van der Waals surface area contributed by atoms with Gasteiger partial charge in [-0.05, 0) is 58.7 Å². The molecule has 6 heteroatoms. The molecule has 2 aromatic carbocycles. The van der Waals surface area contributed by atoms with E-state index in [1.54, 1.807) is 19.1 Å². The molecule has 0 aliphatic rings. The predicted molar refractivity (Wildman–Crippen MR) is 79.4 cm³/mol. The van der Waals surface area contributed by atoms with Crippen LogP contribution in [-0.2, 0) is 4.79 Å². The van der Waals surface area contributed by atoms with Crippen LogP contribution in [0.1, 0.15) is 5.56 Å². The third-order valence-corrected chi connectivity index (χ3v) is 3.33. The third-order valence-electron chi connectivity index (χ3n) is 2.71. The van der Waals surface area contributed by atoms with Gasteiger partial charge in [0.05, 0.1) is 4.47 Å². The van der Waals surface area contributed by atoms with Gasteiger partial charge in [-0.3, -0.25) is 4.79 Å². The summed E-state index contributed by atoms with van der Waals surface area (Å²) in [5.74, 6) is -0.889. The van der Waals surface area contributed by atoms with E-state index in [1.807, 2.05) is 0 Å². The highest BCUT2D eigenvalue weighted by atomic mass is 79.9. The normalized spacial score (nSPS) is 10.3. The Kier molecular flexibility index (Phi) is 4.90. The lowest BCUT2D eigenvalue weighted by Crippen LogP contribution is -2.20. The molecule has 0 unspecified atom stereocenters. The molecule has 21 heavy (non-hydrogen) atoms. The second-order valence-electron chi connectivity index (χ2n) is 4.38. The zero-order chi connectivity index (χ0) is 15.4. The van der Waals surface area contributed by atoms with E-state index >= 15 is 0 Å². The number of carbonyl (C=O) groups is 1. The first-order valence-corrected chi connectivity index (χ1v) is 6.89. The molecular formula is C15H12BrF2NO2. The van der Waals surface area contributed by atoms with Crippen molar-refractivity contribution in [3.8, 4) is 5.75 Å². The number of hydrogen-bond donors (Lipinski definition) is 1. The average molecular weight is 356 g/mol. The number of halogens is 3. The number of benzene rings is 2. The van der Waals surface area contributed by atoms with Gasteiger partial charge in [0, 0.05) is 5.69 Å². The van der Waals surface area contributed by atoms with Crippen molar-refractivity contribution in [2.75, 3.05) is 11.9 Å². The molecule has 2 rings (SSSR count). The maximum absolute atomic E-state index is 13.3. The number of nitrogens with one attached hydrogen (secondary N) is 1. The van der Waals surface area contributed by atoms with Crippen molar-refractivity contribution < 1.29 is 18.3 Å². The smallest absolute Gasteiger partial charge is 0.262 e. The van der Waals surface area contributed by atoms with Crippen molar-refractivity contribution in [3.05, 3.63) is 58.1 Å². The van der Waals surface area contributed by atoms with E-state index in [1.165, 1.54) is 24.3 Å². The van der Waals surface area contributed by atoms with Gasteiger partial charge in [-0.15, -0.1) is 0 Å². The summed E-state index contributed by atoms with van der Waals surface area (Å²) in [4.78, 5) is 11.7. The van der Waals surface area contributed by atoms with E-state index in [-0.39, 0.29) is 6.61 Å². The fourth-order valence-electron chi connectivity index (χ4n) is 1.60. The molecule has 1 amide bonds. The first kappa shape index (κ1) is 15.4. The summed E-state index contributed by atoms with van der Waals surface area (Å²) in [6.45, 7) is 1.37. The van der Waals surface area contributed by atoms with Gasteiger partial charge in [-0.25, -0.2) is 8.78 Å². The number of carbonyl (C=O) groups excluding carboxylic acids is 1. The fraction of sp³-hybridized carbons (Fsp3) is 0.133. The van der Waals surface area contributed by atoms with Gasteiger partial charge >= 0.3 is 0 Å². The Bertz CT molecular complexity index is 677. The summed E-state index contributed by atoms with van der Waals surface area (Å²) in [5.41, 5.74) is 0.851. The van der Waals surface area contributed by atoms with E-state index in [9.17, 15) is 13.6 Å². The van der Waals surface area contributed by atoms with Crippen LogP contribution in [0.15, 0.2) is 40.9 Å². The fourth-order valence-corrected chi connectivity index (χ4v) is 2.07. The Balaban J connectivity index is 1.94. The molecule has 1 N–H and O–H groups in total. The topological polar surface area (TPSA) is 38.3 Å². The van der Waals surface area contributed by atoms with Crippen LogP contribution in [0, 0.1) is 18.6 Å². The van der Waals surface area contributed by atoms with Crippen LogP contribution in [0.2, 0.25) is 0 Å². The highest BCUT2D eigenvalue weighted by molar-refractivity contribution is 9.10. The SMILES string of the molecule is Cc1ccc(NC(=O)COc2ccc(F)cc2Br)cc1F. The molecule has 0 aliphatic heterocycles. The Morgan fingerprint density at radius 3 is 2.67 bits per heavy atom. The summed E-state index contributed by atoms with van der Waals surface area (Å²) in [7, 11) is 0. The van der Waals surface area contributed by atoms with Crippen LogP contribution in [0.4, 0.5) is 14.5 Å². The molecule has 0 spiro atoms. The van der Waals surface area contributed by atoms with Gasteiger partial charge in [0.25, 0.3) is 5.91 Å². The lowest BCUT2D eigenvalue weighted by atomic mass is 10.2. The molecular weight excluding hydrogens is 344 g/mol. The maximum Gasteiger partial charge on any atom is 0.262 e. The van der Waals surface area contributed by atoms with Gasteiger partial charge in [0.15, 0.2) is 6.61 Å². The zero-order valence-electron chi connectivity index (χ0n) is 11.1. The molecule has 0 bridgehead atoms. The zero-order valence-corrected chi connectivity index (χ0v) is 12.7. The molecule has 0 fully saturated rings. The van der Waals surface area contributed by atoms with Gasteiger partial charge in [-0.1, -0.05) is 6.07 Å². The lowest BCUT2D eigenvalue weighted by molar-refractivity contribution is -0.118. The van der Waals surface area contributed by atoms with E-state index < -0.39 is 17.5 Å². The number of ether oxygens (including phenoxy) is 1. The van der Waals surface area contributed by atoms with Crippen LogP contribution in [0.5, 0.6) is 5.75 Å². The Labute approximate surface area is 129 Å². The Hall–Kier alpha value is -1.95. The van der Waals surface area contributed by atoms with E-state index in [0.717, 1.165) is 0 Å². The average Bonchev–Trinajstić information content (AvgIpc) is 2.42. The van der Waals surface area contributed by atoms with Crippen molar-refractivity contribution in [1.29, 1.82) is 0 Å². The summed E-state index contributed by atoms with van der Waals surface area (Å²) in [5, 5.41) is 2.52. The second-order valence-corrected chi connectivity index (χ2v) is 5.23. The summed E-state index contributed by atoms with van der Waals surface area (Å²) >= 11 is 3.14. The highest BCUT2D eigenvalue weighted by Crippen LogP contribution is 2.25. The van der Waals surface area contributed by atoms with Gasteiger partial charge in [0.2, 0.25) is 0 Å².